The van der Waals surface area contributed by atoms with E-state index in [2.05, 4.69) is 11.1 Å². The Morgan fingerprint density at radius 3 is 2.83 bits per heavy atom. The van der Waals surface area contributed by atoms with E-state index in [4.69, 9.17) is 5.26 Å². The van der Waals surface area contributed by atoms with Crippen molar-refractivity contribution in [1.82, 2.24) is 9.55 Å². The van der Waals surface area contributed by atoms with E-state index in [1.807, 2.05) is 28.8 Å². The first-order valence-electron chi connectivity index (χ1n) is 5.84. The van der Waals surface area contributed by atoms with Crippen molar-refractivity contribution in [3.8, 4) is 6.07 Å². The number of hydrogen-bond donors (Lipinski definition) is 0. The van der Waals surface area contributed by atoms with Crippen LogP contribution in [0.3, 0.4) is 0 Å². The molecule has 0 N–H and O–H groups in total. The zero-order chi connectivity index (χ0) is 12.5. The van der Waals surface area contributed by atoms with Crippen molar-refractivity contribution >= 4 is 5.78 Å². The Hall–Kier alpha value is -2.41. The van der Waals surface area contributed by atoms with Crippen LogP contribution in [0.4, 0.5) is 0 Å². The largest absolute Gasteiger partial charge is 0.321 e. The lowest BCUT2D eigenvalue weighted by molar-refractivity contribution is 0.0948. The fourth-order valence-corrected chi connectivity index (χ4v) is 2.41. The molecule has 0 aliphatic carbocycles. The lowest BCUT2D eigenvalue weighted by atomic mass is 9.95. The maximum atomic E-state index is 11.7. The van der Waals surface area contributed by atoms with E-state index in [0.29, 0.717) is 17.7 Å². The van der Waals surface area contributed by atoms with Crippen LogP contribution in [-0.4, -0.2) is 15.3 Å². The van der Waals surface area contributed by atoms with Crippen LogP contribution in [-0.2, 0) is 0 Å². The summed E-state index contributed by atoms with van der Waals surface area (Å²) in [6.07, 6.45) is 4.66. The molecule has 1 atom stereocenters. The second-order valence-electron chi connectivity index (χ2n) is 4.40. The molecule has 0 fully saturated rings. The number of nitrogens with zero attached hydrogens (tertiary/aromatic N) is 3. The van der Waals surface area contributed by atoms with E-state index in [1.54, 1.807) is 12.5 Å². The van der Waals surface area contributed by atoms with Crippen LogP contribution in [0.1, 0.15) is 40.5 Å². The summed E-state index contributed by atoms with van der Waals surface area (Å²) >= 11 is 0. The average molecular weight is 237 g/mol. The zero-order valence-electron chi connectivity index (χ0n) is 9.71. The second kappa shape index (κ2) is 4.11. The van der Waals surface area contributed by atoms with Gasteiger partial charge in [-0.3, -0.25) is 4.79 Å². The van der Waals surface area contributed by atoms with Gasteiger partial charge in [0.15, 0.2) is 5.78 Å². The third kappa shape index (κ3) is 1.61. The molecule has 4 heteroatoms. The molecule has 0 radical (unpaired) electrons. The summed E-state index contributed by atoms with van der Waals surface area (Å²) in [4.78, 5) is 15.8. The number of rotatable bonds is 1. The molecule has 18 heavy (non-hydrogen) atoms. The first-order valence-corrected chi connectivity index (χ1v) is 5.84. The number of imidazole rings is 1. The van der Waals surface area contributed by atoms with Gasteiger partial charge >= 0.3 is 0 Å². The van der Waals surface area contributed by atoms with E-state index < -0.39 is 0 Å². The molecule has 0 amide bonds. The van der Waals surface area contributed by atoms with Crippen LogP contribution in [0.25, 0.3) is 0 Å². The Morgan fingerprint density at radius 1 is 1.33 bits per heavy atom. The number of nitriles is 1. The molecular formula is C14H11N3O. The van der Waals surface area contributed by atoms with Gasteiger partial charge < -0.3 is 4.57 Å². The molecule has 88 valence electrons. The lowest BCUT2D eigenvalue weighted by Gasteiger charge is -2.25. The molecule has 0 saturated carbocycles. The summed E-state index contributed by atoms with van der Waals surface area (Å²) in [6.45, 7) is 0. The van der Waals surface area contributed by atoms with E-state index in [0.717, 1.165) is 12.0 Å². The highest BCUT2D eigenvalue weighted by atomic mass is 16.1. The summed E-state index contributed by atoms with van der Waals surface area (Å²) in [5.74, 6) is 0.150. The highest BCUT2D eigenvalue weighted by Crippen LogP contribution is 2.30. The highest BCUT2D eigenvalue weighted by Gasteiger charge is 2.26. The van der Waals surface area contributed by atoms with Crippen molar-refractivity contribution in [1.29, 1.82) is 5.26 Å². The van der Waals surface area contributed by atoms with Crippen LogP contribution in [0, 0.1) is 11.3 Å². The topological polar surface area (TPSA) is 58.7 Å². The Morgan fingerprint density at radius 2 is 2.11 bits per heavy atom. The minimum Gasteiger partial charge on any atom is -0.321 e. The first kappa shape index (κ1) is 10.7. The minimum absolute atomic E-state index is 0.146. The molecule has 2 aromatic rings. The maximum Gasteiger partial charge on any atom is 0.180 e. The van der Waals surface area contributed by atoms with Crippen LogP contribution in [0.2, 0.25) is 0 Å². The van der Waals surface area contributed by atoms with Crippen molar-refractivity contribution in [3.05, 3.63) is 53.6 Å². The zero-order valence-corrected chi connectivity index (χ0v) is 9.71. The van der Waals surface area contributed by atoms with Crippen LogP contribution < -0.4 is 0 Å². The number of aromatic nitrogens is 2. The number of fused-ring (bicyclic) bond motifs is 1. The van der Waals surface area contributed by atoms with Crippen LogP contribution >= 0.6 is 0 Å². The predicted octanol–water partition coefficient (Wildman–Crippen LogP) is 2.32. The van der Waals surface area contributed by atoms with Gasteiger partial charge in [0.05, 0.1) is 30.2 Å². The SMILES string of the molecule is N#Cc1ccc([C@H]2CCC(=O)c3cncn32)cc1. The summed E-state index contributed by atoms with van der Waals surface area (Å²) in [5.41, 5.74) is 2.44. The fraction of sp³-hybridized carbons (Fsp3) is 0.214. The molecule has 1 aromatic heterocycles. The first-order chi connectivity index (χ1) is 8.79. The Bertz CT molecular complexity index is 634. The second-order valence-corrected chi connectivity index (χ2v) is 4.40. The molecule has 0 spiro atoms. The van der Waals surface area contributed by atoms with Gasteiger partial charge in [0.2, 0.25) is 0 Å². The van der Waals surface area contributed by atoms with E-state index >= 15 is 0 Å². The third-order valence-electron chi connectivity index (χ3n) is 3.36. The van der Waals surface area contributed by atoms with Crippen LogP contribution in [0.15, 0.2) is 36.8 Å². The Balaban J connectivity index is 2.01. The summed E-state index contributed by atoms with van der Waals surface area (Å²) in [5, 5.41) is 8.79. The number of carbonyl (C=O) groups is 1. The van der Waals surface area contributed by atoms with Gasteiger partial charge in [0, 0.05) is 6.42 Å². The number of ketones is 1. The van der Waals surface area contributed by atoms with Crippen LogP contribution in [0.5, 0.6) is 0 Å². The quantitative estimate of drug-likeness (QED) is 0.764. The molecular weight excluding hydrogens is 226 g/mol. The molecule has 1 aromatic carbocycles. The predicted molar refractivity (Wildman–Crippen MR) is 65.1 cm³/mol. The van der Waals surface area contributed by atoms with Crippen molar-refractivity contribution in [2.75, 3.05) is 0 Å². The number of benzene rings is 1. The van der Waals surface area contributed by atoms with Crippen molar-refractivity contribution in [2.45, 2.75) is 18.9 Å². The Labute approximate surface area is 105 Å². The van der Waals surface area contributed by atoms with Gasteiger partial charge in [0.1, 0.15) is 5.69 Å². The number of Topliss-reactive ketones (excluding diaryl/α,β-unsaturated/α-hetero) is 1. The maximum absolute atomic E-state index is 11.7. The van der Waals surface area contributed by atoms with Gasteiger partial charge in [-0.2, -0.15) is 5.26 Å². The van der Waals surface area contributed by atoms with Crippen molar-refractivity contribution < 1.29 is 4.79 Å². The van der Waals surface area contributed by atoms with Gasteiger partial charge in [-0.15, -0.1) is 0 Å². The van der Waals surface area contributed by atoms with E-state index in [9.17, 15) is 4.79 Å². The monoisotopic (exact) mass is 237 g/mol. The average Bonchev–Trinajstić information content (AvgIpc) is 2.90. The minimum atomic E-state index is 0.146. The van der Waals surface area contributed by atoms with E-state index in [1.165, 1.54) is 0 Å². The van der Waals surface area contributed by atoms with Gasteiger partial charge in [0.25, 0.3) is 0 Å². The molecule has 0 bridgehead atoms. The molecule has 0 unspecified atom stereocenters. The lowest BCUT2D eigenvalue weighted by Crippen LogP contribution is -2.22. The molecule has 1 aliphatic rings. The van der Waals surface area contributed by atoms with Crippen molar-refractivity contribution in [2.24, 2.45) is 0 Å². The van der Waals surface area contributed by atoms with Crippen molar-refractivity contribution in [3.63, 3.8) is 0 Å². The summed E-state index contributed by atoms with van der Waals surface area (Å²) < 4.78 is 1.92. The molecule has 4 nitrogen and oxygen atoms in total. The van der Waals surface area contributed by atoms with Gasteiger partial charge in [-0.05, 0) is 24.1 Å². The molecule has 2 heterocycles. The summed E-state index contributed by atoms with van der Waals surface area (Å²) in [7, 11) is 0. The molecule has 1 aliphatic heterocycles. The number of hydrogen-bond acceptors (Lipinski definition) is 3. The molecule has 0 saturated heterocycles. The standard InChI is InChI=1S/C14H11N3O/c15-7-10-1-3-11(4-2-10)12-5-6-14(18)13-8-16-9-17(12)13/h1-4,8-9,12H,5-6H2/t12-/m1/s1. The highest BCUT2D eigenvalue weighted by molar-refractivity contribution is 5.95. The normalized spacial score (nSPS) is 18.2. The van der Waals surface area contributed by atoms with E-state index in [-0.39, 0.29) is 11.8 Å². The van der Waals surface area contributed by atoms with Gasteiger partial charge in [-0.25, -0.2) is 4.98 Å². The number of carbonyl (C=O) groups excluding carboxylic acids is 1. The third-order valence-corrected chi connectivity index (χ3v) is 3.36. The van der Waals surface area contributed by atoms with Gasteiger partial charge in [-0.1, -0.05) is 12.1 Å². The Kier molecular flexibility index (Phi) is 2.45. The summed E-state index contributed by atoms with van der Waals surface area (Å²) in [6, 6.07) is 9.76. The molecule has 3 rings (SSSR count). The smallest absolute Gasteiger partial charge is 0.180 e. The fourth-order valence-electron chi connectivity index (χ4n) is 2.41.